The number of rotatable bonds is 2. The Morgan fingerprint density at radius 3 is 2.38 bits per heavy atom. The van der Waals surface area contributed by atoms with Crippen LogP contribution in [0.25, 0.3) is 22.4 Å². The lowest BCUT2D eigenvalue weighted by atomic mass is 10.1. The molecule has 0 fully saturated rings. The standard InChI is InChI=1S/C16H14F2N2O/c1-9(2)20-14-7-10(17)4-6-13(14)19-16(20)12-5-3-11(18)8-15(12)21/h3-9,21H,1-2H3. The lowest BCUT2D eigenvalue weighted by Crippen LogP contribution is -2.03. The van der Waals surface area contributed by atoms with Crippen LogP contribution >= 0.6 is 0 Å². The van der Waals surface area contributed by atoms with Gasteiger partial charge in [-0.05, 0) is 44.2 Å². The summed E-state index contributed by atoms with van der Waals surface area (Å²) in [6.07, 6.45) is 0. The lowest BCUT2D eigenvalue weighted by molar-refractivity contribution is 0.470. The predicted octanol–water partition coefficient (Wildman–Crippen LogP) is 4.27. The van der Waals surface area contributed by atoms with Gasteiger partial charge in [0.1, 0.15) is 23.2 Å². The van der Waals surface area contributed by atoms with Crippen molar-refractivity contribution in [3.8, 4) is 17.1 Å². The van der Waals surface area contributed by atoms with Crippen LogP contribution in [-0.4, -0.2) is 14.7 Å². The molecule has 3 rings (SSSR count). The fraction of sp³-hybridized carbons (Fsp3) is 0.188. The molecular weight excluding hydrogens is 274 g/mol. The van der Waals surface area contributed by atoms with Crippen LogP contribution in [-0.2, 0) is 0 Å². The number of aromatic hydroxyl groups is 1. The maximum absolute atomic E-state index is 13.5. The van der Waals surface area contributed by atoms with Gasteiger partial charge < -0.3 is 9.67 Å². The highest BCUT2D eigenvalue weighted by Gasteiger charge is 2.18. The summed E-state index contributed by atoms with van der Waals surface area (Å²) in [6.45, 7) is 3.88. The fourth-order valence-corrected chi connectivity index (χ4v) is 2.47. The van der Waals surface area contributed by atoms with E-state index in [1.807, 2.05) is 18.4 Å². The molecule has 1 N–H and O–H groups in total. The van der Waals surface area contributed by atoms with E-state index >= 15 is 0 Å². The third kappa shape index (κ3) is 2.24. The van der Waals surface area contributed by atoms with Crippen LogP contribution in [0.4, 0.5) is 8.78 Å². The van der Waals surface area contributed by atoms with Crippen LogP contribution in [0.5, 0.6) is 5.75 Å². The zero-order valence-corrected chi connectivity index (χ0v) is 11.6. The Morgan fingerprint density at radius 2 is 1.71 bits per heavy atom. The van der Waals surface area contributed by atoms with Crippen molar-refractivity contribution in [2.45, 2.75) is 19.9 Å². The molecule has 108 valence electrons. The average Bonchev–Trinajstić information content (AvgIpc) is 2.76. The summed E-state index contributed by atoms with van der Waals surface area (Å²) in [6, 6.07) is 8.13. The number of hydrogen-bond acceptors (Lipinski definition) is 2. The number of phenols is 1. The summed E-state index contributed by atoms with van der Waals surface area (Å²) < 4.78 is 28.5. The smallest absolute Gasteiger partial charge is 0.145 e. The van der Waals surface area contributed by atoms with E-state index in [0.717, 1.165) is 6.07 Å². The molecule has 3 aromatic rings. The number of aromatic nitrogens is 2. The molecule has 0 saturated carbocycles. The Morgan fingerprint density at radius 1 is 1.05 bits per heavy atom. The lowest BCUT2D eigenvalue weighted by Gasteiger charge is -2.14. The van der Waals surface area contributed by atoms with Crippen LogP contribution in [0.2, 0.25) is 0 Å². The monoisotopic (exact) mass is 288 g/mol. The van der Waals surface area contributed by atoms with Gasteiger partial charge in [0.05, 0.1) is 16.6 Å². The van der Waals surface area contributed by atoms with E-state index in [2.05, 4.69) is 4.98 Å². The molecule has 0 aliphatic rings. The number of nitrogens with zero attached hydrogens (tertiary/aromatic N) is 2. The molecule has 3 nitrogen and oxygen atoms in total. The highest BCUT2D eigenvalue weighted by molar-refractivity contribution is 5.82. The first-order valence-electron chi connectivity index (χ1n) is 6.63. The van der Waals surface area contributed by atoms with E-state index in [-0.39, 0.29) is 17.6 Å². The van der Waals surface area contributed by atoms with Gasteiger partial charge in [-0.3, -0.25) is 0 Å². The summed E-state index contributed by atoms with van der Waals surface area (Å²) >= 11 is 0. The Hall–Kier alpha value is -2.43. The van der Waals surface area contributed by atoms with Gasteiger partial charge in [0.15, 0.2) is 0 Å². The highest BCUT2D eigenvalue weighted by atomic mass is 19.1. The first-order valence-corrected chi connectivity index (χ1v) is 6.63. The number of imidazole rings is 1. The number of halogens is 2. The molecule has 0 radical (unpaired) electrons. The zero-order chi connectivity index (χ0) is 15.1. The van der Waals surface area contributed by atoms with E-state index in [1.54, 1.807) is 6.07 Å². The minimum atomic E-state index is -0.519. The molecule has 0 unspecified atom stereocenters. The van der Waals surface area contributed by atoms with Gasteiger partial charge in [-0.2, -0.15) is 0 Å². The van der Waals surface area contributed by atoms with Crippen LogP contribution in [0.15, 0.2) is 36.4 Å². The number of fused-ring (bicyclic) bond motifs is 1. The van der Waals surface area contributed by atoms with Gasteiger partial charge in [-0.1, -0.05) is 0 Å². The Kier molecular flexibility index (Phi) is 3.12. The molecule has 1 heterocycles. The van der Waals surface area contributed by atoms with Crippen molar-refractivity contribution in [1.82, 2.24) is 9.55 Å². The Bertz CT molecular complexity index is 825. The Balaban J connectivity index is 2.34. The molecule has 1 aromatic heterocycles. The molecule has 0 atom stereocenters. The second-order valence-electron chi connectivity index (χ2n) is 5.19. The molecule has 0 spiro atoms. The van der Waals surface area contributed by atoms with Crippen molar-refractivity contribution in [2.75, 3.05) is 0 Å². The third-order valence-electron chi connectivity index (χ3n) is 3.37. The van der Waals surface area contributed by atoms with Crippen molar-refractivity contribution in [3.05, 3.63) is 48.0 Å². The largest absolute Gasteiger partial charge is 0.507 e. The maximum atomic E-state index is 13.5. The topological polar surface area (TPSA) is 38.0 Å². The van der Waals surface area contributed by atoms with Crippen LogP contribution in [0.1, 0.15) is 19.9 Å². The number of hydrogen-bond donors (Lipinski definition) is 1. The van der Waals surface area contributed by atoms with E-state index in [4.69, 9.17) is 0 Å². The normalized spacial score (nSPS) is 11.5. The molecule has 2 aromatic carbocycles. The first kappa shape index (κ1) is 13.5. The molecule has 0 amide bonds. The van der Waals surface area contributed by atoms with Gasteiger partial charge in [-0.15, -0.1) is 0 Å². The first-order chi connectivity index (χ1) is 9.97. The molecule has 0 saturated heterocycles. The van der Waals surface area contributed by atoms with E-state index in [9.17, 15) is 13.9 Å². The van der Waals surface area contributed by atoms with Crippen molar-refractivity contribution in [2.24, 2.45) is 0 Å². The van der Waals surface area contributed by atoms with Crippen molar-refractivity contribution in [3.63, 3.8) is 0 Å². The van der Waals surface area contributed by atoms with Crippen molar-refractivity contribution >= 4 is 11.0 Å². The van der Waals surface area contributed by atoms with Gasteiger partial charge in [0.2, 0.25) is 0 Å². The zero-order valence-electron chi connectivity index (χ0n) is 11.6. The van der Waals surface area contributed by atoms with Gasteiger partial charge in [0, 0.05) is 12.1 Å². The summed E-state index contributed by atoms with van der Waals surface area (Å²) in [4.78, 5) is 4.45. The van der Waals surface area contributed by atoms with E-state index < -0.39 is 5.82 Å². The Labute approximate surface area is 120 Å². The summed E-state index contributed by atoms with van der Waals surface area (Å²) in [5.74, 6) is -0.565. The summed E-state index contributed by atoms with van der Waals surface area (Å²) in [5, 5.41) is 9.96. The number of benzene rings is 2. The summed E-state index contributed by atoms with van der Waals surface area (Å²) in [5.41, 5.74) is 1.69. The minimum Gasteiger partial charge on any atom is -0.507 e. The molecule has 5 heteroatoms. The molecular formula is C16H14F2N2O. The van der Waals surface area contributed by atoms with Crippen LogP contribution in [0, 0.1) is 11.6 Å². The predicted molar refractivity (Wildman–Crippen MR) is 77.1 cm³/mol. The second-order valence-corrected chi connectivity index (χ2v) is 5.19. The van der Waals surface area contributed by atoms with Gasteiger partial charge >= 0.3 is 0 Å². The third-order valence-corrected chi connectivity index (χ3v) is 3.37. The summed E-state index contributed by atoms with van der Waals surface area (Å²) in [7, 11) is 0. The van der Waals surface area contributed by atoms with Crippen molar-refractivity contribution in [1.29, 1.82) is 0 Å². The molecule has 0 bridgehead atoms. The van der Waals surface area contributed by atoms with E-state index in [0.29, 0.717) is 22.4 Å². The van der Waals surface area contributed by atoms with Crippen LogP contribution in [0.3, 0.4) is 0 Å². The molecule has 0 aliphatic heterocycles. The van der Waals surface area contributed by atoms with E-state index in [1.165, 1.54) is 24.3 Å². The maximum Gasteiger partial charge on any atom is 0.145 e. The highest BCUT2D eigenvalue weighted by Crippen LogP contribution is 2.34. The van der Waals surface area contributed by atoms with Crippen molar-refractivity contribution < 1.29 is 13.9 Å². The van der Waals surface area contributed by atoms with Gasteiger partial charge in [0.25, 0.3) is 0 Å². The molecule has 0 aliphatic carbocycles. The number of phenolic OH excluding ortho intramolecular Hbond substituents is 1. The van der Waals surface area contributed by atoms with Gasteiger partial charge in [-0.25, -0.2) is 13.8 Å². The molecule has 21 heavy (non-hydrogen) atoms. The average molecular weight is 288 g/mol. The quantitative estimate of drug-likeness (QED) is 0.764. The minimum absolute atomic E-state index is 0.0104. The second kappa shape index (κ2) is 4.84. The van der Waals surface area contributed by atoms with Crippen LogP contribution < -0.4 is 0 Å². The fourth-order valence-electron chi connectivity index (χ4n) is 2.47. The SMILES string of the molecule is CC(C)n1c(-c2ccc(F)cc2O)nc2ccc(F)cc21.